The van der Waals surface area contributed by atoms with Crippen LogP contribution < -0.4 is 0 Å². The monoisotopic (exact) mass is 313 g/mol. The summed E-state index contributed by atoms with van der Waals surface area (Å²) >= 11 is 0. The Morgan fingerprint density at radius 3 is 2.43 bits per heavy atom. The molecule has 0 bridgehead atoms. The number of rotatable bonds is 5. The van der Waals surface area contributed by atoms with E-state index in [1.54, 1.807) is 24.1 Å². The number of hydrogen-bond acceptors (Lipinski definition) is 2. The van der Waals surface area contributed by atoms with Gasteiger partial charge >= 0.3 is 0 Å². The molecular formula is C19H20FNO2. The number of likely N-dealkylation sites (N-methyl/N-ethyl adjacent to an activating group) is 1. The highest BCUT2D eigenvalue weighted by Crippen LogP contribution is 2.55. The number of aliphatic hydroxyl groups excluding tert-OH is 1. The van der Waals surface area contributed by atoms with Crippen LogP contribution in [-0.2, 0) is 16.8 Å². The number of aliphatic hydroxyl groups is 1. The van der Waals surface area contributed by atoms with E-state index in [2.05, 4.69) is 0 Å². The molecule has 1 saturated carbocycles. The Labute approximate surface area is 135 Å². The Balaban J connectivity index is 1.81. The fourth-order valence-electron chi connectivity index (χ4n) is 3.30. The van der Waals surface area contributed by atoms with Gasteiger partial charge in [-0.15, -0.1) is 0 Å². The van der Waals surface area contributed by atoms with Crippen LogP contribution in [0.2, 0.25) is 0 Å². The molecule has 3 rings (SSSR count). The first-order valence-corrected chi connectivity index (χ1v) is 7.74. The van der Waals surface area contributed by atoms with Gasteiger partial charge in [-0.05, 0) is 29.7 Å². The number of hydrogen-bond donors (Lipinski definition) is 1. The Hall–Kier alpha value is -2.20. The van der Waals surface area contributed by atoms with E-state index < -0.39 is 5.41 Å². The van der Waals surface area contributed by atoms with Gasteiger partial charge in [0.05, 0.1) is 5.41 Å². The second-order valence-electron chi connectivity index (χ2n) is 6.21. The highest BCUT2D eigenvalue weighted by atomic mass is 19.1. The molecule has 23 heavy (non-hydrogen) atoms. The maximum Gasteiger partial charge on any atom is 0.233 e. The minimum atomic E-state index is -0.620. The number of benzene rings is 2. The Morgan fingerprint density at radius 1 is 1.22 bits per heavy atom. The summed E-state index contributed by atoms with van der Waals surface area (Å²) in [6, 6.07) is 15.8. The van der Waals surface area contributed by atoms with Crippen molar-refractivity contribution in [2.45, 2.75) is 18.4 Å². The predicted molar refractivity (Wildman–Crippen MR) is 86.2 cm³/mol. The summed E-state index contributed by atoms with van der Waals surface area (Å²) in [4.78, 5) is 14.7. The Morgan fingerprint density at radius 2 is 1.87 bits per heavy atom. The van der Waals surface area contributed by atoms with Gasteiger partial charge in [0.25, 0.3) is 0 Å². The minimum Gasteiger partial charge on any atom is -0.396 e. The molecule has 0 aromatic heterocycles. The lowest BCUT2D eigenvalue weighted by atomic mass is 9.91. The molecule has 3 nitrogen and oxygen atoms in total. The molecule has 1 aliphatic rings. The zero-order valence-corrected chi connectivity index (χ0v) is 13.1. The summed E-state index contributed by atoms with van der Waals surface area (Å²) in [6.07, 6.45) is 0.667. The van der Waals surface area contributed by atoms with Crippen LogP contribution >= 0.6 is 0 Å². The Kier molecular flexibility index (Phi) is 4.18. The van der Waals surface area contributed by atoms with Gasteiger partial charge < -0.3 is 10.0 Å². The first-order chi connectivity index (χ1) is 11.1. The predicted octanol–water partition coefficient (Wildman–Crippen LogP) is 2.73. The van der Waals surface area contributed by atoms with Crippen LogP contribution in [0.15, 0.2) is 54.6 Å². The van der Waals surface area contributed by atoms with Gasteiger partial charge in [-0.3, -0.25) is 4.79 Å². The van der Waals surface area contributed by atoms with Gasteiger partial charge in [-0.1, -0.05) is 42.5 Å². The maximum absolute atomic E-state index is 13.0. The standard InChI is InChI=1S/C19H20FNO2/c1-21(12-14-7-9-17(20)10-8-14)18(23)19(11-16(19)13-22)15-5-3-2-4-6-15/h2-10,16,22H,11-13H2,1H3/t16-,19+/m0/s1. The van der Waals surface area contributed by atoms with E-state index >= 15 is 0 Å². The zero-order valence-electron chi connectivity index (χ0n) is 13.1. The molecule has 0 heterocycles. The van der Waals surface area contributed by atoms with Crippen molar-refractivity contribution in [1.82, 2.24) is 4.90 Å². The van der Waals surface area contributed by atoms with Gasteiger partial charge in [0.2, 0.25) is 5.91 Å². The summed E-state index contributed by atoms with van der Waals surface area (Å²) in [5.41, 5.74) is 1.21. The maximum atomic E-state index is 13.0. The van der Waals surface area contributed by atoms with Crippen molar-refractivity contribution in [1.29, 1.82) is 0 Å². The molecule has 2 aromatic carbocycles. The van der Waals surface area contributed by atoms with Crippen LogP contribution in [-0.4, -0.2) is 29.6 Å². The third-order valence-electron chi connectivity index (χ3n) is 4.68. The van der Waals surface area contributed by atoms with Crippen LogP contribution in [0.25, 0.3) is 0 Å². The van der Waals surface area contributed by atoms with Crippen molar-refractivity contribution >= 4 is 5.91 Å². The molecule has 0 spiro atoms. The van der Waals surface area contributed by atoms with E-state index in [0.717, 1.165) is 11.1 Å². The third kappa shape index (κ3) is 2.86. The minimum absolute atomic E-state index is 0.00498. The zero-order chi connectivity index (χ0) is 16.4. The molecule has 1 fully saturated rings. The van der Waals surface area contributed by atoms with Gasteiger partial charge in [-0.25, -0.2) is 4.39 Å². The molecule has 1 aliphatic carbocycles. The average molecular weight is 313 g/mol. The van der Waals surface area contributed by atoms with Crippen LogP contribution in [0.1, 0.15) is 17.5 Å². The summed E-state index contributed by atoms with van der Waals surface area (Å²) in [5, 5.41) is 9.54. The van der Waals surface area contributed by atoms with Gasteiger partial charge in [0.1, 0.15) is 5.82 Å². The Bertz CT molecular complexity index is 686. The lowest BCUT2D eigenvalue weighted by molar-refractivity contribution is -0.133. The van der Waals surface area contributed by atoms with Crippen molar-refractivity contribution < 1.29 is 14.3 Å². The summed E-state index contributed by atoms with van der Waals surface area (Å²) in [6.45, 7) is 0.427. The fraction of sp³-hybridized carbons (Fsp3) is 0.316. The first-order valence-electron chi connectivity index (χ1n) is 7.74. The quantitative estimate of drug-likeness (QED) is 0.922. The van der Waals surface area contributed by atoms with Crippen LogP contribution in [0.5, 0.6) is 0 Å². The molecule has 2 atom stereocenters. The van der Waals surface area contributed by atoms with Crippen LogP contribution in [0.3, 0.4) is 0 Å². The third-order valence-corrected chi connectivity index (χ3v) is 4.68. The van der Waals surface area contributed by atoms with E-state index in [0.29, 0.717) is 13.0 Å². The average Bonchev–Trinajstić information content (AvgIpc) is 3.33. The number of halogens is 1. The highest BCUT2D eigenvalue weighted by Gasteiger charge is 2.61. The second kappa shape index (κ2) is 6.13. The lowest BCUT2D eigenvalue weighted by Crippen LogP contribution is -2.37. The van der Waals surface area contributed by atoms with E-state index in [1.165, 1.54) is 12.1 Å². The van der Waals surface area contributed by atoms with Crippen molar-refractivity contribution in [2.75, 3.05) is 13.7 Å². The van der Waals surface area contributed by atoms with Gasteiger partial charge in [0.15, 0.2) is 0 Å². The van der Waals surface area contributed by atoms with Crippen LogP contribution in [0, 0.1) is 11.7 Å². The van der Waals surface area contributed by atoms with Crippen molar-refractivity contribution in [3.8, 4) is 0 Å². The smallest absolute Gasteiger partial charge is 0.233 e. The molecule has 2 aromatic rings. The van der Waals surface area contributed by atoms with E-state index in [4.69, 9.17) is 0 Å². The largest absolute Gasteiger partial charge is 0.396 e. The molecule has 1 amide bonds. The number of carbonyl (C=O) groups excluding carboxylic acids is 1. The number of nitrogens with zero attached hydrogens (tertiary/aromatic N) is 1. The summed E-state index contributed by atoms with van der Waals surface area (Å²) in [5.74, 6) is -0.314. The number of carbonyl (C=O) groups is 1. The molecule has 0 aliphatic heterocycles. The lowest BCUT2D eigenvalue weighted by Gasteiger charge is -2.25. The molecule has 0 radical (unpaired) electrons. The molecule has 120 valence electrons. The normalized spacial score (nSPS) is 22.7. The van der Waals surface area contributed by atoms with Crippen molar-refractivity contribution in [3.63, 3.8) is 0 Å². The number of amides is 1. The molecule has 0 unspecified atom stereocenters. The summed E-state index contributed by atoms with van der Waals surface area (Å²) < 4.78 is 13.0. The van der Waals surface area contributed by atoms with E-state index in [9.17, 15) is 14.3 Å². The molecular weight excluding hydrogens is 293 g/mol. The summed E-state index contributed by atoms with van der Waals surface area (Å²) in [7, 11) is 1.75. The van der Waals surface area contributed by atoms with Gasteiger partial charge in [-0.2, -0.15) is 0 Å². The van der Waals surface area contributed by atoms with Crippen molar-refractivity contribution in [3.05, 3.63) is 71.5 Å². The van der Waals surface area contributed by atoms with Gasteiger partial charge in [0, 0.05) is 26.1 Å². The van der Waals surface area contributed by atoms with E-state index in [-0.39, 0.29) is 24.2 Å². The molecule has 0 saturated heterocycles. The molecule has 4 heteroatoms. The highest BCUT2D eigenvalue weighted by molar-refractivity contribution is 5.92. The van der Waals surface area contributed by atoms with Crippen molar-refractivity contribution in [2.24, 2.45) is 5.92 Å². The topological polar surface area (TPSA) is 40.5 Å². The van der Waals surface area contributed by atoms with Crippen LogP contribution in [0.4, 0.5) is 4.39 Å². The van der Waals surface area contributed by atoms with E-state index in [1.807, 2.05) is 30.3 Å². The fourth-order valence-corrected chi connectivity index (χ4v) is 3.30. The SMILES string of the molecule is CN(Cc1ccc(F)cc1)C(=O)[C@@]1(c2ccccc2)C[C@H]1CO. The first kappa shape index (κ1) is 15.7. The second-order valence-corrected chi connectivity index (χ2v) is 6.21. The molecule has 1 N–H and O–H groups in total.